The summed E-state index contributed by atoms with van der Waals surface area (Å²) in [5.74, 6) is -0.540. The molecule has 186 valence electrons. The number of aryl methyl sites for hydroxylation is 1. The largest absolute Gasteiger partial charge is 0.493 e. The van der Waals surface area contributed by atoms with Crippen molar-refractivity contribution in [2.75, 3.05) is 32.7 Å². The first-order chi connectivity index (χ1) is 16.8. The Morgan fingerprint density at radius 3 is 2.60 bits per heavy atom. The summed E-state index contributed by atoms with van der Waals surface area (Å²) in [6, 6.07) is 9.69. The second kappa shape index (κ2) is 11.4. The van der Waals surface area contributed by atoms with Crippen LogP contribution in [0.1, 0.15) is 32.8 Å². The van der Waals surface area contributed by atoms with Crippen LogP contribution in [0.15, 0.2) is 36.4 Å². The smallest absolute Gasteiger partial charge is 0.339 e. The first-order valence-corrected chi connectivity index (χ1v) is 10.8. The SMILES string of the molecule is COc1ccc(C(=O)N[C@@H](N)COc2cccc3nc(C)c(C(=O)O)c(N)c23)cc1OCCCO. The Morgan fingerprint density at radius 1 is 1.14 bits per heavy atom. The molecule has 0 aliphatic carbocycles. The highest BCUT2D eigenvalue weighted by atomic mass is 16.5. The molecule has 3 aromatic rings. The van der Waals surface area contributed by atoms with Gasteiger partial charge < -0.3 is 41.2 Å². The summed E-state index contributed by atoms with van der Waals surface area (Å²) in [6.07, 6.45) is -0.457. The lowest BCUT2D eigenvalue weighted by Gasteiger charge is -2.18. The molecule has 11 heteroatoms. The van der Waals surface area contributed by atoms with Gasteiger partial charge >= 0.3 is 5.97 Å². The number of aromatic nitrogens is 1. The molecule has 0 spiro atoms. The minimum absolute atomic E-state index is 0.0208. The first kappa shape index (κ1) is 25.5. The fourth-order valence-corrected chi connectivity index (χ4v) is 3.48. The van der Waals surface area contributed by atoms with Gasteiger partial charge in [-0.2, -0.15) is 0 Å². The lowest BCUT2D eigenvalue weighted by atomic mass is 10.1. The van der Waals surface area contributed by atoms with Gasteiger partial charge in [0.05, 0.1) is 36.0 Å². The van der Waals surface area contributed by atoms with E-state index in [2.05, 4.69) is 10.3 Å². The molecular weight excluding hydrogens is 456 g/mol. The number of hydrogen-bond acceptors (Lipinski definition) is 9. The number of aliphatic hydroxyl groups excluding tert-OH is 1. The Kier molecular flexibility index (Phi) is 8.29. The number of nitrogens with one attached hydrogen (secondary N) is 1. The van der Waals surface area contributed by atoms with E-state index < -0.39 is 18.0 Å². The summed E-state index contributed by atoms with van der Waals surface area (Å²) in [4.78, 5) is 28.6. The number of carbonyl (C=O) groups excluding carboxylic acids is 1. The average molecular weight is 485 g/mol. The van der Waals surface area contributed by atoms with E-state index in [1.807, 2.05) is 0 Å². The van der Waals surface area contributed by atoms with E-state index in [0.29, 0.717) is 45.8 Å². The molecule has 0 saturated carbocycles. The minimum atomic E-state index is -1.19. The van der Waals surface area contributed by atoms with Crippen molar-refractivity contribution in [1.82, 2.24) is 10.3 Å². The van der Waals surface area contributed by atoms with Gasteiger partial charge in [0.15, 0.2) is 11.5 Å². The number of carboxylic acids is 1. The third-order valence-electron chi connectivity index (χ3n) is 5.13. The number of pyridine rings is 1. The van der Waals surface area contributed by atoms with Crippen molar-refractivity contribution in [3.8, 4) is 17.2 Å². The average Bonchev–Trinajstić information content (AvgIpc) is 2.82. The molecule has 0 aliphatic rings. The van der Waals surface area contributed by atoms with E-state index in [1.165, 1.54) is 13.2 Å². The molecule has 0 radical (unpaired) electrons. The van der Waals surface area contributed by atoms with Gasteiger partial charge in [-0.05, 0) is 37.3 Å². The van der Waals surface area contributed by atoms with Crippen LogP contribution in [0.2, 0.25) is 0 Å². The molecule has 0 aliphatic heterocycles. The number of ether oxygens (including phenoxy) is 3. The van der Waals surface area contributed by atoms with Crippen molar-refractivity contribution in [2.24, 2.45) is 5.73 Å². The molecule has 1 amide bonds. The standard InChI is InChI=1S/C24H28N4O7/c1-13-20(24(31)32)22(26)21-15(27-13)5-3-6-17(21)35-12-19(25)28-23(30)14-7-8-16(33-2)18(11-14)34-10-4-9-29/h3,5-8,11,19,29H,4,9-10,12,25H2,1-2H3,(H2,26,27)(H,28,30)(H,31,32)/t19-/m1/s1. The summed E-state index contributed by atoms with van der Waals surface area (Å²) in [5.41, 5.74) is 13.2. The molecule has 11 nitrogen and oxygen atoms in total. The van der Waals surface area contributed by atoms with Crippen LogP contribution >= 0.6 is 0 Å². The third kappa shape index (κ3) is 5.89. The van der Waals surface area contributed by atoms with Gasteiger partial charge in [0, 0.05) is 18.6 Å². The number of aromatic carboxylic acids is 1. The van der Waals surface area contributed by atoms with E-state index in [1.54, 1.807) is 37.3 Å². The van der Waals surface area contributed by atoms with Crippen LogP contribution < -0.4 is 31.0 Å². The molecule has 0 saturated heterocycles. The van der Waals surface area contributed by atoms with Crippen molar-refractivity contribution in [3.63, 3.8) is 0 Å². The number of benzene rings is 2. The van der Waals surface area contributed by atoms with Crippen LogP contribution in [0.4, 0.5) is 5.69 Å². The van der Waals surface area contributed by atoms with Gasteiger partial charge in [-0.25, -0.2) is 4.79 Å². The van der Waals surface area contributed by atoms with Crippen molar-refractivity contribution in [2.45, 2.75) is 19.5 Å². The topological polar surface area (TPSA) is 179 Å². The van der Waals surface area contributed by atoms with Gasteiger partial charge in [0.1, 0.15) is 24.1 Å². The number of fused-ring (bicyclic) bond motifs is 1. The fraction of sp³-hybridized carbons (Fsp3) is 0.292. The highest BCUT2D eigenvalue weighted by Crippen LogP contribution is 2.33. The predicted octanol–water partition coefficient (Wildman–Crippen LogP) is 1.69. The number of methoxy groups -OCH3 is 1. The molecule has 7 N–H and O–H groups in total. The number of carboxylic acid groups (broad SMARTS) is 1. The van der Waals surface area contributed by atoms with Crippen molar-refractivity contribution in [3.05, 3.63) is 53.2 Å². The summed E-state index contributed by atoms with van der Waals surface area (Å²) < 4.78 is 16.6. The second-order valence-electron chi connectivity index (χ2n) is 7.62. The Hall–Kier alpha value is -4.09. The van der Waals surface area contributed by atoms with Gasteiger partial charge in [0.2, 0.25) is 0 Å². The van der Waals surface area contributed by atoms with Crippen LogP contribution in [0.5, 0.6) is 17.2 Å². The molecule has 1 heterocycles. The number of nitrogens with zero attached hydrogens (tertiary/aromatic N) is 1. The molecule has 35 heavy (non-hydrogen) atoms. The number of nitrogen functional groups attached to an aromatic ring is 1. The zero-order chi connectivity index (χ0) is 25.5. The summed E-state index contributed by atoms with van der Waals surface area (Å²) >= 11 is 0. The van der Waals surface area contributed by atoms with Crippen LogP contribution in [0.25, 0.3) is 10.9 Å². The number of nitrogens with two attached hydrogens (primary N) is 2. The molecule has 1 aromatic heterocycles. The normalized spacial score (nSPS) is 11.7. The fourth-order valence-electron chi connectivity index (χ4n) is 3.48. The lowest BCUT2D eigenvalue weighted by molar-refractivity contribution is 0.0696. The molecular formula is C24H28N4O7. The van der Waals surface area contributed by atoms with E-state index in [-0.39, 0.29) is 31.1 Å². The van der Waals surface area contributed by atoms with E-state index >= 15 is 0 Å². The Balaban J connectivity index is 1.72. The van der Waals surface area contributed by atoms with Gasteiger partial charge in [-0.3, -0.25) is 9.78 Å². The number of aliphatic hydroxyl groups is 1. The van der Waals surface area contributed by atoms with Gasteiger partial charge in [-0.1, -0.05) is 6.07 Å². The van der Waals surface area contributed by atoms with Gasteiger partial charge in [-0.15, -0.1) is 0 Å². The maximum atomic E-state index is 12.7. The Labute approximate surface area is 201 Å². The number of rotatable bonds is 11. The third-order valence-corrected chi connectivity index (χ3v) is 5.13. The number of hydrogen-bond donors (Lipinski definition) is 5. The highest BCUT2D eigenvalue weighted by molar-refractivity contribution is 6.06. The first-order valence-electron chi connectivity index (χ1n) is 10.8. The predicted molar refractivity (Wildman–Crippen MR) is 129 cm³/mol. The maximum Gasteiger partial charge on any atom is 0.339 e. The molecule has 0 bridgehead atoms. The van der Waals surface area contributed by atoms with Crippen molar-refractivity contribution < 1.29 is 34.0 Å². The van der Waals surface area contributed by atoms with E-state index in [4.69, 9.17) is 30.8 Å². The highest BCUT2D eigenvalue weighted by Gasteiger charge is 2.20. The summed E-state index contributed by atoms with van der Waals surface area (Å²) in [7, 11) is 1.48. The number of carbonyl (C=O) groups is 2. The zero-order valence-corrected chi connectivity index (χ0v) is 19.4. The van der Waals surface area contributed by atoms with Crippen LogP contribution in [0, 0.1) is 6.92 Å². The maximum absolute atomic E-state index is 12.7. The molecule has 2 aromatic carbocycles. The van der Waals surface area contributed by atoms with Crippen LogP contribution in [-0.4, -0.2) is 60.2 Å². The van der Waals surface area contributed by atoms with Crippen molar-refractivity contribution in [1.29, 1.82) is 0 Å². The van der Waals surface area contributed by atoms with Gasteiger partial charge in [0.25, 0.3) is 5.91 Å². The molecule has 1 atom stereocenters. The quantitative estimate of drug-likeness (QED) is 0.198. The van der Waals surface area contributed by atoms with Crippen molar-refractivity contribution >= 4 is 28.5 Å². The number of amides is 1. The van der Waals surface area contributed by atoms with Crippen LogP contribution in [-0.2, 0) is 0 Å². The Bertz CT molecular complexity index is 1230. The zero-order valence-electron chi connectivity index (χ0n) is 19.4. The summed E-state index contributed by atoms with van der Waals surface area (Å²) in [6.45, 7) is 1.70. The Morgan fingerprint density at radius 2 is 1.91 bits per heavy atom. The van der Waals surface area contributed by atoms with E-state index in [0.717, 1.165) is 0 Å². The minimum Gasteiger partial charge on any atom is -0.493 e. The monoisotopic (exact) mass is 484 g/mol. The number of anilines is 1. The van der Waals surface area contributed by atoms with E-state index in [9.17, 15) is 14.7 Å². The lowest BCUT2D eigenvalue weighted by Crippen LogP contribution is -2.45. The summed E-state index contributed by atoms with van der Waals surface area (Å²) in [5, 5.41) is 21.4. The molecule has 0 unspecified atom stereocenters. The van der Waals surface area contributed by atoms with Crippen LogP contribution in [0.3, 0.4) is 0 Å². The molecule has 3 rings (SSSR count). The molecule has 0 fully saturated rings. The second-order valence-corrected chi connectivity index (χ2v) is 7.62.